The number of phenols is 2. The summed E-state index contributed by atoms with van der Waals surface area (Å²) in [6.07, 6.45) is 0. The van der Waals surface area contributed by atoms with Gasteiger partial charge in [0.05, 0.1) is 17.0 Å². The highest BCUT2D eigenvalue weighted by Gasteiger charge is 2.32. The molecule has 0 unspecified atom stereocenters. The molecular formula is C24H15NO3. The Bertz CT molecular complexity index is 1260. The van der Waals surface area contributed by atoms with Gasteiger partial charge in [-0.05, 0) is 24.3 Å². The molecule has 2 N–H and O–H groups in total. The number of phenolic OH excluding ortho intramolecular Hbond substituents is 2. The maximum atomic E-state index is 13.1. The number of para-hydroxylation sites is 1. The molecule has 0 saturated carbocycles. The van der Waals surface area contributed by atoms with Gasteiger partial charge in [0.25, 0.3) is 0 Å². The molecule has 4 nitrogen and oxygen atoms in total. The number of hydrogen-bond acceptors (Lipinski definition) is 4. The van der Waals surface area contributed by atoms with E-state index in [4.69, 9.17) is 4.98 Å². The molecule has 0 amide bonds. The van der Waals surface area contributed by atoms with E-state index in [2.05, 4.69) is 0 Å². The number of nitrogens with zero attached hydrogens (tertiary/aromatic N) is 1. The van der Waals surface area contributed by atoms with E-state index in [1.54, 1.807) is 48.5 Å². The number of rotatable bonds is 2. The number of fused-ring (bicyclic) bond motifs is 3. The van der Waals surface area contributed by atoms with Gasteiger partial charge in [0.2, 0.25) is 0 Å². The van der Waals surface area contributed by atoms with E-state index in [1.807, 2.05) is 30.3 Å². The van der Waals surface area contributed by atoms with Crippen molar-refractivity contribution in [2.75, 3.05) is 0 Å². The molecule has 0 atom stereocenters. The minimum atomic E-state index is -0.0983. The first-order chi connectivity index (χ1) is 13.6. The minimum absolute atomic E-state index is 0.0983. The highest BCUT2D eigenvalue weighted by Crippen LogP contribution is 2.44. The van der Waals surface area contributed by atoms with Crippen LogP contribution in [-0.2, 0) is 0 Å². The van der Waals surface area contributed by atoms with Gasteiger partial charge in [-0.15, -0.1) is 0 Å². The number of aromatic hydroxyl groups is 2. The molecule has 0 saturated heterocycles. The van der Waals surface area contributed by atoms with Crippen LogP contribution in [-0.4, -0.2) is 21.0 Å². The number of carbonyl (C=O) groups is 1. The summed E-state index contributed by atoms with van der Waals surface area (Å²) >= 11 is 0. The van der Waals surface area contributed by atoms with Gasteiger partial charge in [-0.2, -0.15) is 0 Å². The Hall–Kier alpha value is -3.92. The molecule has 0 aliphatic heterocycles. The Kier molecular flexibility index (Phi) is 3.52. The lowest BCUT2D eigenvalue weighted by Gasteiger charge is -2.12. The quantitative estimate of drug-likeness (QED) is 0.460. The SMILES string of the molecule is O=C1c2ccccc2-c2nc(-c3cccc(O)c3)cc(-c3ccccc3O)c21. The number of ketones is 1. The van der Waals surface area contributed by atoms with Gasteiger partial charge in [-0.3, -0.25) is 4.79 Å². The van der Waals surface area contributed by atoms with Gasteiger partial charge in [0.15, 0.2) is 5.78 Å². The Morgan fingerprint density at radius 1 is 0.679 bits per heavy atom. The Balaban J connectivity index is 1.86. The second kappa shape index (κ2) is 6.06. The molecule has 0 fully saturated rings. The number of aromatic nitrogens is 1. The zero-order chi connectivity index (χ0) is 19.3. The van der Waals surface area contributed by atoms with Gasteiger partial charge in [-0.25, -0.2) is 4.98 Å². The Labute approximate surface area is 161 Å². The molecule has 3 aromatic carbocycles. The third kappa shape index (κ3) is 2.39. The lowest BCUT2D eigenvalue weighted by Crippen LogP contribution is -2.00. The van der Waals surface area contributed by atoms with Gasteiger partial charge >= 0.3 is 0 Å². The normalized spacial score (nSPS) is 11.9. The maximum absolute atomic E-state index is 13.1. The van der Waals surface area contributed by atoms with E-state index < -0.39 is 0 Å². The van der Waals surface area contributed by atoms with E-state index in [9.17, 15) is 15.0 Å². The van der Waals surface area contributed by atoms with Crippen LogP contribution in [0.3, 0.4) is 0 Å². The van der Waals surface area contributed by atoms with Gasteiger partial charge in [0, 0.05) is 27.8 Å². The topological polar surface area (TPSA) is 70.4 Å². The third-order valence-corrected chi connectivity index (χ3v) is 5.01. The number of pyridine rings is 1. The molecule has 134 valence electrons. The molecule has 1 aliphatic carbocycles. The van der Waals surface area contributed by atoms with E-state index in [-0.39, 0.29) is 17.3 Å². The average Bonchev–Trinajstić information content (AvgIpc) is 3.01. The second-order valence-electron chi connectivity index (χ2n) is 6.72. The van der Waals surface area contributed by atoms with Crippen LogP contribution in [0.2, 0.25) is 0 Å². The van der Waals surface area contributed by atoms with Crippen LogP contribution in [0, 0.1) is 0 Å². The van der Waals surface area contributed by atoms with Gasteiger partial charge in [-0.1, -0.05) is 54.6 Å². The van der Waals surface area contributed by atoms with Crippen LogP contribution in [0.5, 0.6) is 11.5 Å². The number of benzene rings is 3. The molecule has 0 spiro atoms. The van der Waals surface area contributed by atoms with Crippen LogP contribution in [0.15, 0.2) is 78.9 Å². The molecule has 5 rings (SSSR count). The summed E-state index contributed by atoms with van der Waals surface area (Å²) in [4.78, 5) is 17.9. The van der Waals surface area contributed by atoms with Gasteiger partial charge < -0.3 is 10.2 Å². The van der Waals surface area contributed by atoms with Crippen molar-refractivity contribution >= 4 is 5.78 Å². The molecule has 28 heavy (non-hydrogen) atoms. The first kappa shape index (κ1) is 16.3. The lowest BCUT2D eigenvalue weighted by atomic mass is 9.95. The summed E-state index contributed by atoms with van der Waals surface area (Å²) in [6, 6.07) is 23.0. The van der Waals surface area contributed by atoms with Crippen molar-refractivity contribution in [3.63, 3.8) is 0 Å². The fourth-order valence-corrected chi connectivity index (χ4v) is 3.72. The molecular weight excluding hydrogens is 350 g/mol. The first-order valence-corrected chi connectivity index (χ1v) is 8.90. The second-order valence-corrected chi connectivity index (χ2v) is 6.72. The fraction of sp³-hybridized carbons (Fsp3) is 0. The molecule has 1 heterocycles. The summed E-state index contributed by atoms with van der Waals surface area (Å²) in [6.45, 7) is 0. The Morgan fingerprint density at radius 2 is 1.39 bits per heavy atom. The molecule has 1 aromatic heterocycles. The molecule has 0 bridgehead atoms. The minimum Gasteiger partial charge on any atom is -0.508 e. The summed E-state index contributed by atoms with van der Waals surface area (Å²) in [5, 5.41) is 20.3. The van der Waals surface area contributed by atoms with Crippen molar-refractivity contribution in [1.29, 1.82) is 0 Å². The first-order valence-electron chi connectivity index (χ1n) is 8.90. The van der Waals surface area contributed by atoms with Crippen molar-refractivity contribution in [2.24, 2.45) is 0 Å². The van der Waals surface area contributed by atoms with Crippen molar-refractivity contribution in [3.05, 3.63) is 90.0 Å². The predicted molar refractivity (Wildman–Crippen MR) is 107 cm³/mol. The highest BCUT2D eigenvalue weighted by atomic mass is 16.3. The zero-order valence-electron chi connectivity index (χ0n) is 14.8. The summed E-state index contributed by atoms with van der Waals surface area (Å²) in [7, 11) is 0. The average molecular weight is 365 g/mol. The monoisotopic (exact) mass is 365 g/mol. The largest absolute Gasteiger partial charge is 0.508 e. The summed E-state index contributed by atoms with van der Waals surface area (Å²) in [5.41, 5.74) is 5.03. The van der Waals surface area contributed by atoms with Crippen molar-refractivity contribution in [2.45, 2.75) is 0 Å². The van der Waals surface area contributed by atoms with E-state index in [0.717, 1.165) is 11.1 Å². The van der Waals surface area contributed by atoms with E-state index >= 15 is 0 Å². The standard InChI is InChI=1S/C24H15NO3/c26-15-7-5-6-14(12-15)20-13-19(16-8-3-4-11-21(16)27)22-23(25-20)17-9-1-2-10-18(17)24(22)28/h1-13,26-27H. The molecule has 4 aromatic rings. The van der Waals surface area contributed by atoms with Crippen LogP contribution >= 0.6 is 0 Å². The zero-order valence-corrected chi connectivity index (χ0v) is 14.8. The van der Waals surface area contributed by atoms with Crippen molar-refractivity contribution in [3.8, 4) is 45.1 Å². The number of hydrogen-bond donors (Lipinski definition) is 2. The lowest BCUT2D eigenvalue weighted by molar-refractivity contribution is 0.104. The van der Waals surface area contributed by atoms with Crippen LogP contribution < -0.4 is 0 Å². The number of carbonyl (C=O) groups excluding carboxylic acids is 1. The van der Waals surface area contributed by atoms with E-state index in [1.165, 1.54) is 0 Å². The van der Waals surface area contributed by atoms with Crippen LogP contribution in [0.25, 0.3) is 33.6 Å². The predicted octanol–water partition coefficient (Wildman–Crippen LogP) is 5.04. The molecule has 4 heteroatoms. The van der Waals surface area contributed by atoms with E-state index in [0.29, 0.717) is 33.6 Å². The van der Waals surface area contributed by atoms with Crippen molar-refractivity contribution in [1.82, 2.24) is 4.98 Å². The Morgan fingerprint density at radius 3 is 2.14 bits per heavy atom. The smallest absolute Gasteiger partial charge is 0.196 e. The summed E-state index contributed by atoms with van der Waals surface area (Å²) in [5.74, 6) is 0.140. The molecule has 1 aliphatic rings. The summed E-state index contributed by atoms with van der Waals surface area (Å²) < 4.78 is 0. The maximum Gasteiger partial charge on any atom is 0.196 e. The molecule has 0 radical (unpaired) electrons. The van der Waals surface area contributed by atoms with Crippen molar-refractivity contribution < 1.29 is 15.0 Å². The third-order valence-electron chi connectivity index (χ3n) is 5.01. The fourth-order valence-electron chi connectivity index (χ4n) is 3.72. The van der Waals surface area contributed by atoms with Gasteiger partial charge in [0.1, 0.15) is 11.5 Å². The highest BCUT2D eigenvalue weighted by molar-refractivity contribution is 6.24. The van der Waals surface area contributed by atoms with Crippen LogP contribution in [0.1, 0.15) is 15.9 Å². The van der Waals surface area contributed by atoms with Crippen LogP contribution in [0.4, 0.5) is 0 Å².